The van der Waals surface area contributed by atoms with Crippen LogP contribution in [0.2, 0.25) is 0 Å². The number of ether oxygens (including phenoxy) is 1. The molecule has 2 aromatic carbocycles. The van der Waals surface area contributed by atoms with E-state index in [-0.39, 0.29) is 11.1 Å². The first-order chi connectivity index (χ1) is 13.9. The van der Waals surface area contributed by atoms with Crippen molar-refractivity contribution in [1.29, 1.82) is 0 Å². The van der Waals surface area contributed by atoms with E-state index in [1.165, 1.54) is 29.5 Å². The first kappa shape index (κ1) is 20.2. The van der Waals surface area contributed by atoms with Crippen molar-refractivity contribution in [2.24, 2.45) is 0 Å². The van der Waals surface area contributed by atoms with E-state index in [1.54, 1.807) is 12.1 Å². The van der Waals surface area contributed by atoms with Gasteiger partial charge in [0.25, 0.3) is 11.6 Å². The average Bonchev–Trinajstić information content (AvgIpc) is 3.26. The van der Waals surface area contributed by atoms with Crippen LogP contribution >= 0.6 is 11.3 Å². The summed E-state index contributed by atoms with van der Waals surface area (Å²) in [6.45, 7) is 0. The van der Waals surface area contributed by atoms with Crippen molar-refractivity contribution in [3.8, 4) is 0 Å². The number of hydrogen-bond donors (Lipinski definition) is 1. The molecule has 1 aromatic heterocycles. The fourth-order valence-corrected chi connectivity index (χ4v) is 3.53. The summed E-state index contributed by atoms with van der Waals surface area (Å²) in [5, 5.41) is 15.8. The Bertz CT molecular complexity index is 1050. The predicted molar refractivity (Wildman–Crippen MR) is 104 cm³/mol. The third-order valence-corrected chi connectivity index (χ3v) is 5.06. The van der Waals surface area contributed by atoms with Crippen LogP contribution in [0.15, 0.2) is 60.0 Å². The fourth-order valence-electron chi connectivity index (χ4n) is 2.73. The molecule has 3 rings (SSSR count). The standard InChI is InChI=1S/C20H15FN2O5S/c1-28-20(25)14-9-13(10-16(11-14)23(26)27)19(24)22-18(17-3-2-8-29-17)12-4-6-15(21)7-5-12/h2-11,18H,1H3,(H,22,24)/t18-/m1/s1. The van der Waals surface area contributed by atoms with Gasteiger partial charge in [0.1, 0.15) is 5.82 Å². The smallest absolute Gasteiger partial charge is 0.338 e. The van der Waals surface area contributed by atoms with Crippen LogP contribution in [-0.2, 0) is 4.74 Å². The van der Waals surface area contributed by atoms with E-state index in [2.05, 4.69) is 10.1 Å². The van der Waals surface area contributed by atoms with Crippen LogP contribution in [0, 0.1) is 15.9 Å². The van der Waals surface area contributed by atoms with Crippen LogP contribution in [-0.4, -0.2) is 23.9 Å². The van der Waals surface area contributed by atoms with Crippen molar-refractivity contribution in [2.45, 2.75) is 6.04 Å². The summed E-state index contributed by atoms with van der Waals surface area (Å²) in [6, 6.07) is 12.0. The van der Waals surface area contributed by atoms with Crippen LogP contribution in [0.1, 0.15) is 37.2 Å². The van der Waals surface area contributed by atoms with Crippen molar-refractivity contribution >= 4 is 28.9 Å². The molecule has 7 nitrogen and oxygen atoms in total. The molecule has 148 valence electrons. The van der Waals surface area contributed by atoms with E-state index in [1.807, 2.05) is 17.5 Å². The first-order valence-corrected chi connectivity index (χ1v) is 9.24. The second kappa shape index (κ2) is 8.61. The maximum atomic E-state index is 13.3. The highest BCUT2D eigenvalue weighted by molar-refractivity contribution is 7.10. The normalized spacial score (nSPS) is 11.5. The van der Waals surface area contributed by atoms with Gasteiger partial charge in [-0.15, -0.1) is 11.3 Å². The Kier molecular flexibility index (Phi) is 5.99. The lowest BCUT2D eigenvalue weighted by molar-refractivity contribution is -0.384. The van der Waals surface area contributed by atoms with E-state index in [9.17, 15) is 24.1 Å². The monoisotopic (exact) mass is 414 g/mol. The van der Waals surface area contributed by atoms with E-state index < -0.39 is 34.3 Å². The minimum Gasteiger partial charge on any atom is -0.465 e. The highest BCUT2D eigenvalue weighted by Crippen LogP contribution is 2.27. The Morgan fingerprint density at radius 3 is 2.41 bits per heavy atom. The molecule has 0 aliphatic rings. The van der Waals surface area contributed by atoms with Crippen molar-refractivity contribution in [1.82, 2.24) is 5.32 Å². The highest BCUT2D eigenvalue weighted by atomic mass is 32.1. The molecular weight excluding hydrogens is 399 g/mol. The Hall–Kier alpha value is -3.59. The second-order valence-electron chi connectivity index (χ2n) is 5.99. The molecule has 0 fully saturated rings. The SMILES string of the molecule is COC(=O)c1cc(C(=O)N[C@H](c2ccc(F)cc2)c2cccs2)cc([N+](=O)[O-])c1. The van der Waals surface area contributed by atoms with Gasteiger partial charge in [-0.2, -0.15) is 0 Å². The maximum absolute atomic E-state index is 13.3. The molecule has 0 aliphatic carbocycles. The zero-order valence-corrected chi connectivity index (χ0v) is 15.9. The van der Waals surface area contributed by atoms with Crippen LogP contribution in [0.5, 0.6) is 0 Å². The number of carbonyl (C=O) groups excluding carboxylic acids is 2. The summed E-state index contributed by atoms with van der Waals surface area (Å²) >= 11 is 1.40. The van der Waals surface area contributed by atoms with Crippen molar-refractivity contribution < 1.29 is 23.6 Å². The molecule has 1 atom stereocenters. The van der Waals surface area contributed by atoms with Gasteiger partial charge >= 0.3 is 5.97 Å². The van der Waals surface area contributed by atoms with Crippen LogP contribution in [0.25, 0.3) is 0 Å². The molecule has 9 heteroatoms. The molecule has 1 heterocycles. The molecule has 3 aromatic rings. The Labute approximate surface area is 168 Å². The molecule has 0 saturated heterocycles. The maximum Gasteiger partial charge on any atom is 0.338 e. The summed E-state index contributed by atoms with van der Waals surface area (Å²) in [7, 11) is 1.14. The molecule has 0 aliphatic heterocycles. The topological polar surface area (TPSA) is 98.5 Å². The van der Waals surface area contributed by atoms with E-state index in [0.717, 1.165) is 24.1 Å². The zero-order valence-electron chi connectivity index (χ0n) is 15.1. The van der Waals surface area contributed by atoms with Gasteiger partial charge in [0, 0.05) is 22.6 Å². The molecule has 0 unspecified atom stereocenters. The number of nitrogens with zero attached hydrogens (tertiary/aromatic N) is 1. The number of benzene rings is 2. The molecule has 29 heavy (non-hydrogen) atoms. The van der Waals surface area contributed by atoms with Gasteiger partial charge in [0.15, 0.2) is 0 Å². The number of halogens is 1. The van der Waals surface area contributed by atoms with Crippen LogP contribution in [0.3, 0.4) is 0 Å². The highest BCUT2D eigenvalue weighted by Gasteiger charge is 2.22. The first-order valence-electron chi connectivity index (χ1n) is 8.36. The lowest BCUT2D eigenvalue weighted by atomic mass is 10.0. The predicted octanol–water partition coefficient (Wildman–Crippen LogP) is 4.10. The summed E-state index contributed by atoms with van der Waals surface area (Å²) < 4.78 is 17.9. The molecule has 0 saturated carbocycles. The molecule has 1 N–H and O–H groups in total. The number of non-ortho nitro benzene ring substituents is 1. The molecular formula is C20H15FN2O5S. The van der Waals surface area contributed by atoms with E-state index >= 15 is 0 Å². The lowest BCUT2D eigenvalue weighted by Gasteiger charge is -2.18. The molecule has 1 amide bonds. The number of nitrogens with one attached hydrogen (secondary N) is 1. The van der Waals surface area contributed by atoms with Crippen molar-refractivity contribution in [3.63, 3.8) is 0 Å². The third-order valence-electron chi connectivity index (χ3n) is 4.12. The number of nitro groups is 1. The van der Waals surface area contributed by atoms with Crippen molar-refractivity contribution in [3.05, 3.63) is 97.5 Å². The Morgan fingerprint density at radius 2 is 1.83 bits per heavy atom. The third kappa shape index (κ3) is 4.64. The second-order valence-corrected chi connectivity index (χ2v) is 6.97. The fraction of sp³-hybridized carbons (Fsp3) is 0.100. The minimum absolute atomic E-state index is 0.0664. The largest absolute Gasteiger partial charge is 0.465 e. The van der Waals surface area contributed by atoms with Gasteiger partial charge in [-0.3, -0.25) is 14.9 Å². The zero-order chi connectivity index (χ0) is 21.0. The van der Waals surface area contributed by atoms with Crippen LogP contribution in [0.4, 0.5) is 10.1 Å². The molecule has 0 radical (unpaired) electrons. The summed E-state index contributed by atoms with van der Waals surface area (Å²) in [6.07, 6.45) is 0. The van der Waals surface area contributed by atoms with Crippen LogP contribution < -0.4 is 5.32 Å². The van der Waals surface area contributed by atoms with Gasteiger partial charge in [-0.05, 0) is 35.2 Å². The Morgan fingerprint density at radius 1 is 1.14 bits per heavy atom. The van der Waals surface area contributed by atoms with Gasteiger partial charge in [-0.25, -0.2) is 9.18 Å². The number of esters is 1. The minimum atomic E-state index is -0.795. The number of rotatable bonds is 6. The molecule has 0 spiro atoms. The quantitative estimate of drug-likeness (QED) is 0.372. The summed E-state index contributed by atoms with van der Waals surface area (Å²) in [4.78, 5) is 36.0. The summed E-state index contributed by atoms with van der Waals surface area (Å²) in [5.74, 6) is -1.83. The average molecular weight is 414 g/mol. The number of methoxy groups -OCH3 is 1. The van der Waals surface area contributed by atoms with E-state index in [0.29, 0.717) is 5.56 Å². The van der Waals surface area contributed by atoms with Gasteiger partial charge in [0.05, 0.1) is 23.6 Å². The number of amides is 1. The summed E-state index contributed by atoms with van der Waals surface area (Å²) in [5.41, 5.74) is 0.0536. The molecule has 0 bridgehead atoms. The van der Waals surface area contributed by atoms with Gasteiger partial charge in [0.2, 0.25) is 0 Å². The number of thiophene rings is 1. The Balaban J connectivity index is 1.97. The van der Waals surface area contributed by atoms with Gasteiger partial charge in [-0.1, -0.05) is 18.2 Å². The number of nitro benzene ring substituents is 1. The lowest BCUT2D eigenvalue weighted by Crippen LogP contribution is -2.29. The van der Waals surface area contributed by atoms with Crippen molar-refractivity contribution in [2.75, 3.05) is 7.11 Å². The number of carbonyl (C=O) groups is 2. The van der Waals surface area contributed by atoms with Gasteiger partial charge < -0.3 is 10.1 Å². The number of hydrogen-bond acceptors (Lipinski definition) is 6. The van der Waals surface area contributed by atoms with E-state index in [4.69, 9.17) is 0 Å².